The van der Waals surface area contributed by atoms with Crippen LogP contribution >= 0.6 is 0 Å². The van der Waals surface area contributed by atoms with Crippen molar-refractivity contribution in [2.75, 3.05) is 18.4 Å². The Hall–Kier alpha value is -2.67. The molecule has 0 radical (unpaired) electrons. The number of aryl methyl sites for hydroxylation is 1. The number of rotatable bonds is 6. The van der Waals surface area contributed by atoms with E-state index in [0.717, 1.165) is 25.9 Å². The fourth-order valence-corrected chi connectivity index (χ4v) is 3.41. The van der Waals surface area contributed by atoms with Gasteiger partial charge in [-0.05, 0) is 43.9 Å². The molecular formula is C20H27N5O2. The minimum Gasteiger partial charge on any atom is -0.339 e. The van der Waals surface area contributed by atoms with Gasteiger partial charge in [0.1, 0.15) is 0 Å². The van der Waals surface area contributed by atoms with Crippen LogP contribution in [0.4, 0.5) is 5.69 Å². The highest BCUT2D eigenvalue weighted by Gasteiger charge is 2.25. The van der Waals surface area contributed by atoms with Gasteiger partial charge in [0.25, 0.3) is 5.91 Å². The van der Waals surface area contributed by atoms with E-state index < -0.39 is 0 Å². The molecule has 1 unspecified atom stereocenters. The lowest BCUT2D eigenvalue weighted by Crippen LogP contribution is -2.42. The molecule has 1 aliphatic rings. The molecule has 1 atom stereocenters. The molecular weight excluding hydrogens is 342 g/mol. The maximum atomic E-state index is 12.8. The van der Waals surface area contributed by atoms with Crippen LogP contribution in [0.3, 0.4) is 0 Å². The molecule has 0 bridgehead atoms. The van der Waals surface area contributed by atoms with Crippen LogP contribution in [0, 0.1) is 5.92 Å². The van der Waals surface area contributed by atoms with Crippen LogP contribution in [0.1, 0.15) is 36.5 Å². The average Bonchev–Trinajstić information content (AvgIpc) is 3.20. The number of aromatic nitrogens is 2. The molecule has 2 aromatic rings. The number of hydrogen-bond acceptors (Lipinski definition) is 4. The second kappa shape index (κ2) is 8.81. The zero-order valence-electron chi connectivity index (χ0n) is 15.7. The summed E-state index contributed by atoms with van der Waals surface area (Å²) < 4.78 is 1.85. The van der Waals surface area contributed by atoms with Crippen molar-refractivity contribution in [2.45, 2.75) is 38.8 Å². The van der Waals surface area contributed by atoms with Gasteiger partial charge in [-0.3, -0.25) is 9.59 Å². The molecule has 7 nitrogen and oxygen atoms in total. The fraction of sp³-hybridized carbons (Fsp3) is 0.450. The maximum absolute atomic E-state index is 12.8. The topological polar surface area (TPSA) is 93.3 Å². The van der Waals surface area contributed by atoms with Crippen LogP contribution < -0.4 is 11.1 Å². The molecule has 0 spiro atoms. The number of nitrogens with two attached hydrogens (primary N) is 1. The van der Waals surface area contributed by atoms with E-state index in [1.165, 1.54) is 0 Å². The molecule has 1 saturated heterocycles. The Labute approximate surface area is 159 Å². The third-order valence-corrected chi connectivity index (χ3v) is 5.12. The van der Waals surface area contributed by atoms with Gasteiger partial charge in [-0.1, -0.05) is 6.07 Å². The van der Waals surface area contributed by atoms with Crippen LogP contribution in [0.5, 0.6) is 0 Å². The Morgan fingerprint density at radius 2 is 2.11 bits per heavy atom. The van der Waals surface area contributed by atoms with Crippen molar-refractivity contribution < 1.29 is 9.59 Å². The van der Waals surface area contributed by atoms with Crippen molar-refractivity contribution >= 4 is 17.5 Å². The lowest BCUT2D eigenvalue weighted by molar-refractivity contribution is -0.116. The van der Waals surface area contributed by atoms with Crippen molar-refractivity contribution in [3.63, 3.8) is 0 Å². The quantitative estimate of drug-likeness (QED) is 0.815. The molecule has 27 heavy (non-hydrogen) atoms. The number of piperidine rings is 1. The number of hydrogen-bond donors (Lipinski definition) is 2. The predicted octanol–water partition coefficient (Wildman–Crippen LogP) is 2.11. The number of likely N-dealkylation sites (tertiary alicyclic amines) is 1. The molecule has 1 aliphatic heterocycles. The first kappa shape index (κ1) is 19.1. The van der Waals surface area contributed by atoms with Gasteiger partial charge >= 0.3 is 0 Å². The molecule has 2 heterocycles. The van der Waals surface area contributed by atoms with Crippen LogP contribution in [0.15, 0.2) is 43.0 Å². The first-order valence-corrected chi connectivity index (χ1v) is 9.43. The van der Waals surface area contributed by atoms with Gasteiger partial charge in [-0.15, -0.1) is 0 Å². The number of anilines is 1. The minimum atomic E-state index is -0.0916. The normalized spacial score (nSPS) is 16.1. The van der Waals surface area contributed by atoms with Crippen LogP contribution in [-0.2, 0) is 11.3 Å². The summed E-state index contributed by atoms with van der Waals surface area (Å²) >= 11 is 0. The number of carbonyl (C=O) groups is 2. The fourth-order valence-electron chi connectivity index (χ4n) is 3.41. The number of carbonyl (C=O) groups excluding carboxylic acids is 2. The second-order valence-electron chi connectivity index (χ2n) is 7.17. The Balaban J connectivity index is 1.55. The smallest absolute Gasteiger partial charge is 0.253 e. The molecule has 1 fully saturated rings. The molecule has 0 aliphatic carbocycles. The van der Waals surface area contributed by atoms with E-state index >= 15 is 0 Å². The number of amides is 2. The summed E-state index contributed by atoms with van der Waals surface area (Å²) in [7, 11) is 0. The number of nitrogens with one attached hydrogen (secondary N) is 1. The van der Waals surface area contributed by atoms with E-state index in [4.69, 9.17) is 5.73 Å². The summed E-state index contributed by atoms with van der Waals surface area (Å²) in [5.41, 5.74) is 7.21. The Bertz CT molecular complexity index is 764. The molecule has 3 N–H and O–H groups in total. The van der Waals surface area contributed by atoms with E-state index in [1.54, 1.807) is 36.8 Å². The maximum Gasteiger partial charge on any atom is 0.253 e. The highest BCUT2D eigenvalue weighted by molar-refractivity contribution is 5.97. The number of benzene rings is 1. The van der Waals surface area contributed by atoms with Gasteiger partial charge in [-0.2, -0.15) is 0 Å². The van der Waals surface area contributed by atoms with Crippen molar-refractivity contribution in [3.8, 4) is 0 Å². The van der Waals surface area contributed by atoms with Crippen molar-refractivity contribution in [2.24, 2.45) is 11.7 Å². The van der Waals surface area contributed by atoms with Crippen LogP contribution in [0.25, 0.3) is 0 Å². The average molecular weight is 369 g/mol. The van der Waals surface area contributed by atoms with Gasteiger partial charge < -0.3 is 20.5 Å². The van der Waals surface area contributed by atoms with Gasteiger partial charge in [0.2, 0.25) is 5.91 Å². The van der Waals surface area contributed by atoms with Crippen molar-refractivity contribution in [3.05, 3.63) is 48.5 Å². The molecule has 1 aromatic heterocycles. The summed E-state index contributed by atoms with van der Waals surface area (Å²) in [4.78, 5) is 30.7. The third-order valence-electron chi connectivity index (χ3n) is 5.12. The molecule has 144 valence electrons. The van der Waals surface area contributed by atoms with Gasteiger partial charge in [0.05, 0.1) is 6.33 Å². The van der Waals surface area contributed by atoms with E-state index in [0.29, 0.717) is 30.1 Å². The van der Waals surface area contributed by atoms with Crippen molar-refractivity contribution in [1.82, 2.24) is 14.5 Å². The highest BCUT2D eigenvalue weighted by atomic mass is 16.2. The Morgan fingerprint density at radius 1 is 1.33 bits per heavy atom. The van der Waals surface area contributed by atoms with E-state index in [-0.39, 0.29) is 17.9 Å². The number of nitrogens with zero attached hydrogens (tertiary/aromatic N) is 3. The molecule has 2 amide bonds. The van der Waals surface area contributed by atoms with Gasteiger partial charge in [-0.25, -0.2) is 4.98 Å². The summed E-state index contributed by atoms with van der Waals surface area (Å²) in [5, 5.41) is 2.86. The first-order chi connectivity index (χ1) is 13.0. The lowest BCUT2D eigenvalue weighted by Gasteiger charge is -2.33. The summed E-state index contributed by atoms with van der Waals surface area (Å²) in [6.45, 7) is 4.05. The van der Waals surface area contributed by atoms with Gasteiger partial charge in [0.15, 0.2) is 0 Å². The molecule has 1 aromatic carbocycles. The third kappa shape index (κ3) is 5.17. The second-order valence-corrected chi connectivity index (χ2v) is 7.17. The monoisotopic (exact) mass is 369 g/mol. The zero-order valence-corrected chi connectivity index (χ0v) is 15.7. The Kier molecular flexibility index (Phi) is 6.24. The highest BCUT2D eigenvalue weighted by Crippen LogP contribution is 2.22. The largest absolute Gasteiger partial charge is 0.339 e. The summed E-state index contributed by atoms with van der Waals surface area (Å²) in [6.07, 6.45) is 7.41. The lowest BCUT2D eigenvalue weighted by atomic mass is 9.90. The predicted molar refractivity (Wildman–Crippen MR) is 104 cm³/mol. The molecule has 7 heteroatoms. The van der Waals surface area contributed by atoms with E-state index in [2.05, 4.69) is 10.3 Å². The SMILES string of the molecule is CC(N)C1CCN(C(=O)c2cccc(NC(=O)CCn3ccnc3)c2)CC1. The van der Waals surface area contributed by atoms with Crippen LogP contribution in [0.2, 0.25) is 0 Å². The summed E-state index contributed by atoms with van der Waals surface area (Å²) in [6, 6.07) is 7.31. The molecule has 3 rings (SSSR count). The van der Waals surface area contributed by atoms with E-state index in [1.807, 2.05) is 22.6 Å². The van der Waals surface area contributed by atoms with Crippen LogP contribution in [-0.4, -0.2) is 45.4 Å². The molecule has 0 saturated carbocycles. The number of imidazole rings is 1. The first-order valence-electron chi connectivity index (χ1n) is 9.43. The Morgan fingerprint density at radius 3 is 2.78 bits per heavy atom. The van der Waals surface area contributed by atoms with E-state index in [9.17, 15) is 9.59 Å². The zero-order chi connectivity index (χ0) is 19.2. The standard InChI is InChI=1S/C20H27N5O2/c1-15(21)16-5-10-25(11-6-16)20(27)17-3-2-4-18(13-17)23-19(26)7-9-24-12-8-22-14-24/h2-4,8,12-16H,5-7,9-11,21H2,1H3,(H,23,26). The minimum absolute atomic E-state index is 0.00707. The van der Waals surface area contributed by atoms with Gasteiger partial charge in [0, 0.05) is 55.7 Å². The summed E-state index contributed by atoms with van der Waals surface area (Å²) in [5.74, 6) is 0.397. The van der Waals surface area contributed by atoms with Crippen molar-refractivity contribution in [1.29, 1.82) is 0 Å².